The van der Waals surface area contributed by atoms with E-state index >= 15 is 0 Å². The molecule has 4 bridgehead atoms. The van der Waals surface area contributed by atoms with Gasteiger partial charge in [-0.25, -0.2) is 19.6 Å². The molecular weight excluding hydrogens is 599 g/mol. The fourth-order valence-electron chi connectivity index (χ4n) is 5.05. The number of hydrogen-bond donors (Lipinski definition) is 1. The van der Waals surface area contributed by atoms with Gasteiger partial charge in [-0.2, -0.15) is 13.2 Å². The van der Waals surface area contributed by atoms with Crippen LogP contribution < -0.4 is 14.4 Å². The molecule has 0 aliphatic carbocycles. The molecule has 5 rings (SSSR count). The molecule has 240 valence electrons. The molecule has 4 aromatic rings. The first-order valence-electron chi connectivity index (χ1n) is 15.4. The van der Waals surface area contributed by atoms with E-state index in [1.165, 1.54) is 22.7 Å². The summed E-state index contributed by atoms with van der Waals surface area (Å²) in [5, 5.41) is 5.23. The lowest BCUT2D eigenvalue weighted by Gasteiger charge is -2.30. The zero-order valence-corrected chi connectivity index (χ0v) is 27.0. The van der Waals surface area contributed by atoms with Gasteiger partial charge >= 0.3 is 6.18 Å². The Hall–Kier alpha value is -3.80. The molecule has 0 radical (unpaired) electrons. The van der Waals surface area contributed by atoms with Gasteiger partial charge in [-0.05, 0) is 64.2 Å². The quantitative estimate of drug-likeness (QED) is 0.210. The molecule has 1 aliphatic heterocycles. The molecule has 1 aliphatic rings. The lowest BCUT2D eigenvalue weighted by Crippen LogP contribution is -2.37. The van der Waals surface area contributed by atoms with Gasteiger partial charge in [0.15, 0.2) is 11.6 Å². The van der Waals surface area contributed by atoms with Gasteiger partial charge in [0, 0.05) is 42.4 Å². The molecule has 0 saturated heterocycles. The summed E-state index contributed by atoms with van der Waals surface area (Å²) < 4.78 is 50.4. The Morgan fingerprint density at radius 1 is 1.00 bits per heavy atom. The number of pyridine rings is 1. The molecule has 1 atom stereocenters. The van der Waals surface area contributed by atoms with Crippen LogP contribution in [0.15, 0.2) is 66.0 Å². The highest BCUT2D eigenvalue weighted by atomic mass is 32.2. The number of rotatable bonds is 6. The highest BCUT2D eigenvalue weighted by molar-refractivity contribution is 8.00. The summed E-state index contributed by atoms with van der Waals surface area (Å²) in [6.45, 7) is 7.06. The Kier molecular flexibility index (Phi) is 10.2. The van der Waals surface area contributed by atoms with Crippen molar-refractivity contribution in [2.45, 2.75) is 83.5 Å². The third-order valence-electron chi connectivity index (χ3n) is 8.14. The van der Waals surface area contributed by atoms with Crippen LogP contribution in [0.25, 0.3) is 17.1 Å². The van der Waals surface area contributed by atoms with E-state index in [-0.39, 0.29) is 5.88 Å². The summed E-state index contributed by atoms with van der Waals surface area (Å²) in [6.07, 6.45) is 5.08. The van der Waals surface area contributed by atoms with Crippen molar-refractivity contribution < 1.29 is 17.9 Å². The van der Waals surface area contributed by atoms with Crippen LogP contribution in [0.3, 0.4) is 0 Å². The van der Waals surface area contributed by atoms with Crippen molar-refractivity contribution >= 4 is 23.6 Å². The Morgan fingerprint density at radius 2 is 1.80 bits per heavy atom. The molecular formula is C33H40F3N7OS. The SMILES string of the molecule is CCC(C)N1CCCCCCc2ccccc2-c2nc(cnc2-n2ccc(OCC(C)(C)C(F)(F)F)n2)NSc2cccc1n2. The zero-order chi connectivity index (χ0) is 32.0. The molecule has 12 heteroatoms. The molecule has 4 heterocycles. The topological polar surface area (TPSA) is 81.0 Å². The normalized spacial score (nSPS) is 15.5. The average Bonchev–Trinajstić information content (AvgIpc) is 3.50. The monoisotopic (exact) mass is 639 g/mol. The molecule has 1 N–H and O–H groups in total. The maximum absolute atomic E-state index is 13.4. The minimum atomic E-state index is -4.40. The lowest BCUT2D eigenvalue weighted by atomic mass is 9.94. The molecule has 1 unspecified atom stereocenters. The van der Waals surface area contributed by atoms with Crippen LogP contribution >= 0.6 is 11.9 Å². The van der Waals surface area contributed by atoms with Crippen molar-refractivity contribution in [3.8, 4) is 23.0 Å². The van der Waals surface area contributed by atoms with Crippen molar-refractivity contribution in [1.82, 2.24) is 24.7 Å². The number of benzene rings is 1. The van der Waals surface area contributed by atoms with E-state index in [1.807, 2.05) is 30.3 Å². The van der Waals surface area contributed by atoms with E-state index in [0.717, 1.165) is 80.9 Å². The van der Waals surface area contributed by atoms with E-state index in [9.17, 15) is 13.2 Å². The number of ether oxygens (including phenoxy) is 1. The van der Waals surface area contributed by atoms with E-state index in [2.05, 4.69) is 40.7 Å². The smallest absolute Gasteiger partial charge is 0.397 e. The number of aromatic nitrogens is 5. The molecule has 0 spiro atoms. The molecule has 0 saturated carbocycles. The predicted octanol–water partition coefficient (Wildman–Crippen LogP) is 8.53. The van der Waals surface area contributed by atoms with Gasteiger partial charge in [-0.1, -0.05) is 50.1 Å². The van der Waals surface area contributed by atoms with Crippen LogP contribution in [0, 0.1) is 5.41 Å². The standard InChI is InChI=1S/C33H40F3N7OS/c1-5-23(2)42-19-11-7-6-8-13-24-14-9-10-15-25(24)30-31(37-21-26(38-30)41-45-29-17-12-16-27(42)39-29)43-20-18-28(40-43)44-22-32(3,4)33(34,35)36/h9-10,12,14-18,20-21,23H,5-8,11,13,19,22H2,1-4H3,(H,38,41). The summed E-state index contributed by atoms with van der Waals surface area (Å²) in [7, 11) is 0. The van der Waals surface area contributed by atoms with Gasteiger partial charge in [-0.3, -0.25) is 0 Å². The maximum atomic E-state index is 13.4. The minimum Gasteiger partial charge on any atom is -0.476 e. The molecule has 8 nitrogen and oxygen atoms in total. The molecule has 45 heavy (non-hydrogen) atoms. The van der Waals surface area contributed by atoms with Gasteiger partial charge in [0.05, 0.1) is 11.6 Å². The van der Waals surface area contributed by atoms with Gasteiger partial charge in [-0.15, -0.1) is 5.10 Å². The van der Waals surface area contributed by atoms with Gasteiger partial charge in [0.25, 0.3) is 0 Å². The third kappa shape index (κ3) is 7.89. The number of fused-ring (bicyclic) bond motifs is 6. The number of nitrogens with one attached hydrogen (secondary N) is 1. The minimum absolute atomic E-state index is 0.0778. The number of anilines is 2. The molecule has 1 aromatic carbocycles. The van der Waals surface area contributed by atoms with Crippen molar-refractivity contribution in [2.24, 2.45) is 5.41 Å². The Morgan fingerprint density at radius 3 is 2.60 bits per heavy atom. The first-order chi connectivity index (χ1) is 21.6. The van der Waals surface area contributed by atoms with Gasteiger partial charge < -0.3 is 14.4 Å². The Bertz CT molecular complexity index is 1580. The number of aryl methyl sites for hydroxylation is 1. The highest BCUT2D eigenvalue weighted by Crippen LogP contribution is 2.38. The van der Waals surface area contributed by atoms with Crippen molar-refractivity contribution in [3.05, 3.63) is 66.5 Å². The van der Waals surface area contributed by atoms with Crippen molar-refractivity contribution in [1.29, 1.82) is 0 Å². The summed E-state index contributed by atoms with van der Waals surface area (Å²) in [5.41, 5.74) is 0.659. The van der Waals surface area contributed by atoms with E-state index in [1.54, 1.807) is 12.4 Å². The molecule has 0 fully saturated rings. The second-order valence-electron chi connectivity index (χ2n) is 12.0. The lowest BCUT2D eigenvalue weighted by molar-refractivity contribution is -0.219. The number of alkyl halides is 3. The third-order valence-corrected chi connectivity index (χ3v) is 8.88. The summed E-state index contributed by atoms with van der Waals surface area (Å²) in [6, 6.07) is 16.1. The number of nitrogens with zero attached hydrogens (tertiary/aromatic N) is 6. The summed E-state index contributed by atoms with van der Waals surface area (Å²) >= 11 is 1.37. The van der Waals surface area contributed by atoms with Crippen LogP contribution in [-0.2, 0) is 6.42 Å². The van der Waals surface area contributed by atoms with Crippen LogP contribution in [0.1, 0.15) is 65.4 Å². The van der Waals surface area contributed by atoms with Gasteiger partial charge in [0.2, 0.25) is 5.88 Å². The van der Waals surface area contributed by atoms with E-state index < -0.39 is 18.2 Å². The van der Waals surface area contributed by atoms with Crippen molar-refractivity contribution in [3.63, 3.8) is 0 Å². The second kappa shape index (κ2) is 14.1. The van der Waals surface area contributed by atoms with Crippen LogP contribution in [0.4, 0.5) is 24.8 Å². The predicted molar refractivity (Wildman–Crippen MR) is 173 cm³/mol. The van der Waals surface area contributed by atoms with Gasteiger partial charge in [0.1, 0.15) is 23.1 Å². The largest absolute Gasteiger partial charge is 0.476 e. The first kappa shape index (κ1) is 32.6. The van der Waals surface area contributed by atoms with Crippen molar-refractivity contribution in [2.75, 3.05) is 22.8 Å². The van der Waals surface area contributed by atoms with Crippen LogP contribution in [0.5, 0.6) is 5.88 Å². The fourth-order valence-corrected chi connectivity index (χ4v) is 5.64. The Labute approximate surface area is 267 Å². The zero-order valence-electron chi connectivity index (χ0n) is 26.1. The summed E-state index contributed by atoms with van der Waals surface area (Å²) in [4.78, 5) is 17.0. The maximum Gasteiger partial charge on any atom is 0.397 e. The van der Waals surface area contributed by atoms with E-state index in [0.29, 0.717) is 23.4 Å². The Balaban J connectivity index is 1.48. The molecule has 0 amide bonds. The number of halogens is 3. The fraction of sp³-hybridized carbons (Fsp3) is 0.455. The number of hydrogen-bond acceptors (Lipinski definition) is 8. The second-order valence-corrected chi connectivity index (χ2v) is 12.8. The highest BCUT2D eigenvalue weighted by Gasteiger charge is 2.48. The summed E-state index contributed by atoms with van der Waals surface area (Å²) in [5.74, 6) is 2.03. The van der Waals surface area contributed by atoms with Crippen LogP contribution in [0.2, 0.25) is 0 Å². The first-order valence-corrected chi connectivity index (χ1v) is 16.2. The molecule has 3 aromatic heterocycles. The van der Waals surface area contributed by atoms with Crippen LogP contribution in [-0.4, -0.2) is 50.1 Å². The average molecular weight is 640 g/mol. The van der Waals surface area contributed by atoms with E-state index in [4.69, 9.17) is 19.7 Å².